The number of hydrogen-bond acceptors (Lipinski definition) is 2. The van der Waals surface area contributed by atoms with E-state index in [-0.39, 0.29) is 5.91 Å². The first-order valence-corrected chi connectivity index (χ1v) is 6.05. The molecular formula is C14H17N3O. The number of aromatic nitrogens is 2. The van der Waals surface area contributed by atoms with Crippen LogP contribution in [0.4, 0.5) is 0 Å². The number of fused-ring (bicyclic) bond motifs is 1. The molecule has 0 spiro atoms. The second-order valence-electron chi connectivity index (χ2n) is 4.09. The van der Waals surface area contributed by atoms with Gasteiger partial charge < -0.3 is 9.88 Å². The van der Waals surface area contributed by atoms with E-state index in [9.17, 15) is 4.79 Å². The number of nitrogens with one attached hydrogen (secondary N) is 1. The standard InChI is InChI=1S/C14H17N3O/c1-3-6-14(18)15-9-10-17-11(2)16-12-7-4-5-8-13(12)17/h3-8H,9-10H2,1-2H3,(H,15,18). The third kappa shape index (κ3) is 2.59. The molecule has 0 aliphatic heterocycles. The lowest BCUT2D eigenvalue weighted by Gasteiger charge is -2.07. The summed E-state index contributed by atoms with van der Waals surface area (Å²) in [6, 6.07) is 8.02. The maximum atomic E-state index is 11.3. The van der Waals surface area contributed by atoms with Crippen LogP contribution in [0, 0.1) is 6.92 Å². The summed E-state index contributed by atoms with van der Waals surface area (Å²) in [4.78, 5) is 15.8. The quantitative estimate of drug-likeness (QED) is 0.835. The summed E-state index contributed by atoms with van der Waals surface area (Å²) < 4.78 is 2.12. The van der Waals surface area contributed by atoms with E-state index in [1.165, 1.54) is 6.08 Å². The van der Waals surface area contributed by atoms with Crippen LogP contribution in [0.25, 0.3) is 11.0 Å². The molecule has 0 radical (unpaired) electrons. The molecule has 1 aromatic heterocycles. The van der Waals surface area contributed by atoms with E-state index in [0.717, 1.165) is 23.4 Å². The van der Waals surface area contributed by atoms with Gasteiger partial charge in [-0.2, -0.15) is 0 Å². The zero-order valence-electron chi connectivity index (χ0n) is 10.7. The summed E-state index contributed by atoms with van der Waals surface area (Å²) in [5, 5.41) is 2.84. The lowest BCUT2D eigenvalue weighted by molar-refractivity contribution is -0.116. The van der Waals surface area contributed by atoms with Crippen molar-refractivity contribution in [3.8, 4) is 0 Å². The molecule has 0 saturated carbocycles. The van der Waals surface area contributed by atoms with Crippen molar-refractivity contribution in [2.45, 2.75) is 20.4 Å². The van der Waals surface area contributed by atoms with E-state index in [1.54, 1.807) is 6.08 Å². The number of aryl methyl sites for hydroxylation is 1. The number of imidazole rings is 1. The summed E-state index contributed by atoms with van der Waals surface area (Å²) in [6.45, 7) is 5.14. The first kappa shape index (κ1) is 12.4. The Morgan fingerprint density at radius 3 is 3.00 bits per heavy atom. The second-order valence-corrected chi connectivity index (χ2v) is 4.09. The molecule has 0 unspecified atom stereocenters. The van der Waals surface area contributed by atoms with Gasteiger partial charge in [-0.05, 0) is 32.1 Å². The molecule has 1 heterocycles. The molecule has 0 aliphatic carbocycles. The van der Waals surface area contributed by atoms with Crippen molar-refractivity contribution in [1.29, 1.82) is 0 Å². The minimum absolute atomic E-state index is 0.0560. The number of para-hydroxylation sites is 2. The molecule has 4 heteroatoms. The number of carbonyl (C=O) groups is 1. The zero-order valence-corrected chi connectivity index (χ0v) is 10.7. The van der Waals surface area contributed by atoms with E-state index in [2.05, 4.69) is 14.9 Å². The van der Waals surface area contributed by atoms with Crippen LogP contribution in [0.1, 0.15) is 12.7 Å². The summed E-state index contributed by atoms with van der Waals surface area (Å²) >= 11 is 0. The maximum absolute atomic E-state index is 11.3. The maximum Gasteiger partial charge on any atom is 0.243 e. The van der Waals surface area contributed by atoms with E-state index in [0.29, 0.717) is 6.54 Å². The van der Waals surface area contributed by atoms with Gasteiger partial charge >= 0.3 is 0 Å². The topological polar surface area (TPSA) is 46.9 Å². The number of benzene rings is 1. The fourth-order valence-corrected chi connectivity index (χ4v) is 1.98. The first-order valence-electron chi connectivity index (χ1n) is 6.05. The van der Waals surface area contributed by atoms with E-state index in [4.69, 9.17) is 0 Å². The Balaban J connectivity index is 2.08. The molecule has 4 nitrogen and oxygen atoms in total. The molecule has 1 aromatic carbocycles. The Bertz CT molecular complexity index is 584. The first-order chi connectivity index (χ1) is 8.72. The lowest BCUT2D eigenvalue weighted by Crippen LogP contribution is -2.25. The fourth-order valence-electron chi connectivity index (χ4n) is 1.98. The highest BCUT2D eigenvalue weighted by atomic mass is 16.1. The Morgan fingerprint density at radius 1 is 1.44 bits per heavy atom. The van der Waals surface area contributed by atoms with Gasteiger partial charge in [-0.25, -0.2) is 4.98 Å². The number of carbonyl (C=O) groups excluding carboxylic acids is 1. The van der Waals surface area contributed by atoms with Crippen LogP contribution < -0.4 is 5.32 Å². The molecule has 94 valence electrons. The minimum atomic E-state index is -0.0560. The van der Waals surface area contributed by atoms with E-state index in [1.807, 2.05) is 38.1 Å². The predicted molar refractivity (Wildman–Crippen MR) is 72.3 cm³/mol. The van der Waals surface area contributed by atoms with Crippen LogP contribution in [-0.4, -0.2) is 22.0 Å². The van der Waals surface area contributed by atoms with Gasteiger partial charge in [0, 0.05) is 13.1 Å². The van der Waals surface area contributed by atoms with Gasteiger partial charge in [0.25, 0.3) is 0 Å². The van der Waals surface area contributed by atoms with E-state index >= 15 is 0 Å². The van der Waals surface area contributed by atoms with Crippen molar-refractivity contribution in [1.82, 2.24) is 14.9 Å². The average molecular weight is 243 g/mol. The average Bonchev–Trinajstić information content (AvgIpc) is 2.66. The largest absolute Gasteiger partial charge is 0.351 e. The van der Waals surface area contributed by atoms with Crippen LogP contribution in [0.3, 0.4) is 0 Å². The summed E-state index contributed by atoms with van der Waals surface area (Å²) in [7, 11) is 0. The highest BCUT2D eigenvalue weighted by Gasteiger charge is 2.05. The van der Waals surface area contributed by atoms with Gasteiger partial charge in [-0.3, -0.25) is 4.79 Å². The van der Waals surface area contributed by atoms with Gasteiger partial charge in [0.15, 0.2) is 0 Å². The molecule has 18 heavy (non-hydrogen) atoms. The molecule has 2 aromatic rings. The number of allylic oxidation sites excluding steroid dienone is 1. The van der Waals surface area contributed by atoms with Crippen molar-refractivity contribution >= 4 is 16.9 Å². The van der Waals surface area contributed by atoms with Crippen molar-refractivity contribution < 1.29 is 4.79 Å². The van der Waals surface area contributed by atoms with Gasteiger partial charge in [-0.15, -0.1) is 0 Å². The minimum Gasteiger partial charge on any atom is -0.351 e. The van der Waals surface area contributed by atoms with Gasteiger partial charge in [0.1, 0.15) is 5.82 Å². The Labute approximate surface area is 106 Å². The zero-order chi connectivity index (χ0) is 13.0. The fraction of sp³-hybridized carbons (Fsp3) is 0.286. The number of rotatable bonds is 4. The third-order valence-corrected chi connectivity index (χ3v) is 2.80. The molecule has 2 rings (SSSR count). The Morgan fingerprint density at radius 2 is 2.22 bits per heavy atom. The summed E-state index contributed by atoms with van der Waals surface area (Å²) in [5.74, 6) is 0.913. The van der Waals surface area contributed by atoms with Crippen molar-refractivity contribution in [2.75, 3.05) is 6.54 Å². The monoisotopic (exact) mass is 243 g/mol. The second kappa shape index (κ2) is 5.49. The third-order valence-electron chi connectivity index (χ3n) is 2.80. The SMILES string of the molecule is CC=CC(=O)NCCn1c(C)nc2ccccc21. The van der Waals surface area contributed by atoms with Gasteiger partial charge in [-0.1, -0.05) is 18.2 Å². The molecule has 0 fully saturated rings. The van der Waals surface area contributed by atoms with Crippen LogP contribution in [-0.2, 0) is 11.3 Å². The predicted octanol–water partition coefficient (Wildman–Crippen LogP) is 2.04. The van der Waals surface area contributed by atoms with Crippen LogP contribution in [0.2, 0.25) is 0 Å². The van der Waals surface area contributed by atoms with Gasteiger partial charge in [0.2, 0.25) is 5.91 Å². The van der Waals surface area contributed by atoms with E-state index < -0.39 is 0 Å². The summed E-state index contributed by atoms with van der Waals surface area (Å²) in [6.07, 6.45) is 3.26. The van der Waals surface area contributed by atoms with Crippen molar-refractivity contribution in [3.63, 3.8) is 0 Å². The molecule has 0 saturated heterocycles. The Kier molecular flexibility index (Phi) is 3.77. The van der Waals surface area contributed by atoms with Crippen LogP contribution >= 0.6 is 0 Å². The Hall–Kier alpha value is -2.10. The molecular weight excluding hydrogens is 226 g/mol. The van der Waals surface area contributed by atoms with Crippen molar-refractivity contribution in [2.24, 2.45) is 0 Å². The summed E-state index contributed by atoms with van der Waals surface area (Å²) in [5.41, 5.74) is 2.10. The molecule has 0 bridgehead atoms. The smallest absolute Gasteiger partial charge is 0.243 e. The molecule has 1 amide bonds. The molecule has 0 aliphatic rings. The van der Waals surface area contributed by atoms with Crippen LogP contribution in [0.15, 0.2) is 36.4 Å². The molecule has 1 N–H and O–H groups in total. The van der Waals surface area contributed by atoms with Gasteiger partial charge in [0.05, 0.1) is 11.0 Å². The number of hydrogen-bond donors (Lipinski definition) is 1. The normalized spacial score (nSPS) is 11.2. The molecule has 0 atom stereocenters. The highest BCUT2D eigenvalue weighted by Crippen LogP contribution is 2.14. The number of nitrogens with zero attached hydrogens (tertiary/aromatic N) is 2. The van der Waals surface area contributed by atoms with Crippen LogP contribution in [0.5, 0.6) is 0 Å². The number of amides is 1. The van der Waals surface area contributed by atoms with Crippen molar-refractivity contribution in [3.05, 3.63) is 42.2 Å². The lowest BCUT2D eigenvalue weighted by atomic mass is 10.3. The highest BCUT2D eigenvalue weighted by molar-refractivity contribution is 5.87.